The third-order valence-corrected chi connectivity index (χ3v) is 4.41. The molecule has 0 aliphatic heterocycles. The number of nitrogens with two attached hydrogens (primary N) is 1. The molecule has 130 valence electrons. The molecular formula is C21H18ClN3O. The summed E-state index contributed by atoms with van der Waals surface area (Å²) in [5, 5.41) is 10.3. The van der Waals surface area contributed by atoms with E-state index in [1.807, 2.05) is 50.2 Å². The maximum atomic E-state index is 9.68. The van der Waals surface area contributed by atoms with E-state index in [-0.39, 0.29) is 5.82 Å². The number of para-hydroxylation sites is 1. The summed E-state index contributed by atoms with van der Waals surface area (Å²) in [6.07, 6.45) is 0. The molecule has 0 bridgehead atoms. The predicted octanol–water partition coefficient (Wildman–Crippen LogP) is 5.23. The number of nitriles is 1. The van der Waals surface area contributed by atoms with Gasteiger partial charge < -0.3 is 10.5 Å². The maximum Gasteiger partial charge on any atom is 0.142 e. The summed E-state index contributed by atoms with van der Waals surface area (Å²) in [5.41, 5.74) is 10.5. The molecule has 2 N–H and O–H groups in total. The summed E-state index contributed by atoms with van der Waals surface area (Å²) >= 11 is 6.00. The van der Waals surface area contributed by atoms with Crippen molar-refractivity contribution in [2.75, 3.05) is 12.3 Å². The van der Waals surface area contributed by atoms with Crippen LogP contribution in [0.3, 0.4) is 0 Å². The molecule has 0 atom stereocenters. The Morgan fingerprint density at radius 2 is 1.85 bits per heavy atom. The van der Waals surface area contributed by atoms with Crippen LogP contribution < -0.4 is 10.5 Å². The lowest BCUT2D eigenvalue weighted by molar-refractivity contribution is 0.341. The van der Waals surface area contributed by atoms with Crippen molar-refractivity contribution in [1.29, 1.82) is 5.26 Å². The number of nitrogen functional groups attached to an aromatic ring is 1. The van der Waals surface area contributed by atoms with Gasteiger partial charge >= 0.3 is 0 Å². The Morgan fingerprint density at radius 1 is 1.15 bits per heavy atom. The number of hydrogen-bond donors (Lipinski definition) is 1. The second kappa shape index (κ2) is 7.47. The monoisotopic (exact) mass is 363 g/mol. The van der Waals surface area contributed by atoms with Gasteiger partial charge in [-0.05, 0) is 37.6 Å². The zero-order valence-corrected chi connectivity index (χ0v) is 15.3. The normalized spacial score (nSPS) is 10.4. The molecule has 1 heterocycles. The van der Waals surface area contributed by atoms with E-state index in [0.717, 1.165) is 27.9 Å². The van der Waals surface area contributed by atoms with Crippen LogP contribution in [0.5, 0.6) is 5.75 Å². The number of nitrogens with zero attached hydrogens (tertiary/aromatic N) is 2. The molecule has 0 saturated carbocycles. The molecule has 0 radical (unpaired) electrons. The fourth-order valence-corrected chi connectivity index (χ4v) is 3.11. The van der Waals surface area contributed by atoms with Crippen molar-refractivity contribution in [2.45, 2.75) is 13.8 Å². The zero-order chi connectivity index (χ0) is 18.7. The highest BCUT2D eigenvalue weighted by Crippen LogP contribution is 2.39. The van der Waals surface area contributed by atoms with Gasteiger partial charge in [-0.2, -0.15) is 5.26 Å². The van der Waals surface area contributed by atoms with Crippen molar-refractivity contribution in [3.05, 3.63) is 64.7 Å². The van der Waals surface area contributed by atoms with Crippen LogP contribution in [0.4, 0.5) is 5.82 Å². The number of anilines is 1. The van der Waals surface area contributed by atoms with Crippen LogP contribution in [0.25, 0.3) is 22.4 Å². The van der Waals surface area contributed by atoms with E-state index in [0.29, 0.717) is 22.9 Å². The van der Waals surface area contributed by atoms with Gasteiger partial charge in [-0.1, -0.05) is 41.9 Å². The summed E-state index contributed by atoms with van der Waals surface area (Å²) in [5.74, 6) is 0.909. The first-order chi connectivity index (χ1) is 12.6. The van der Waals surface area contributed by atoms with Crippen molar-refractivity contribution in [3.8, 4) is 34.2 Å². The van der Waals surface area contributed by atoms with Gasteiger partial charge in [0.2, 0.25) is 0 Å². The number of aromatic nitrogens is 1. The molecular weight excluding hydrogens is 346 g/mol. The molecule has 0 spiro atoms. The van der Waals surface area contributed by atoms with Gasteiger partial charge in [0.15, 0.2) is 0 Å². The minimum absolute atomic E-state index is 0.198. The number of benzene rings is 2. The first-order valence-electron chi connectivity index (χ1n) is 8.25. The second-order valence-electron chi connectivity index (χ2n) is 5.77. The van der Waals surface area contributed by atoms with E-state index in [2.05, 4.69) is 11.1 Å². The highest BCUT2D eigenvalue weighted by molar-refractivity contribution is 6.30. The molecule has 0 unspecified atom stereocenters. The smallest absolute Gasteiger partial charge is 0.142 e. The van der Waals surface area contributed by atoms with Crippen LogP contribution >= 0.6 is 11.6 Å². The van der Waals surface area contributed by atoms with E-state index in [9.17, 15) is 5.26 Å². The molecule has 0 aliphatic rings. The molecule has 4 nitrogen and oxygen atoms in total. The molecule has 0 saturated heterocycles. The van der Waals surface area contributed by atoms with Crippen LogP contribution in [-0.4, -0.2) is 11.6 Å². The van der Waals surface area contributed by atoms with E-state index in [1.54, 1.807) is 12.1 Å². The molecule has 0 amide bonds. The fraction of sp³-hybridized carbons (Fsp3) is 0.143. The quantitative estimate of drug-likeness (QED) is 0.688. The van der Waals surface area contributed by atoms with Crippen molar-refractivity contribution in [3.63, 3.8) is 0 Å². The molecule has 2 aromatic carbocycles. The Hall–Kier alpha value is -3.03. The van der Waals surface area contributed by atoms with Crippen molar-refractivity contribution in [1.82, 2.24) is 4.98 Å². The molecule has 0 aliphatic carbocycles. The van der Waals surface area contributed by atoms with Crippen LogP contribution in [0.2, 0.25) is 5.02 Å². The summed E-state index contributed by atoms with van der Waals surface area (Å²) in [6, 6.07) is 17.2. The van der Waals surface area contributed by atoms with E-state index in [4.69, 9.17) is 22.1 Å². The number of halogens is 1. The molecule has 5 heteroatoms. The Labute approximate surface area is 157 Å². The van der Waals surface area contributed by atoms with Gasteiger partial charge in [-0.15, -0.1) is 0 Å². The van der Waals surface area contributed by atoms with E-state index in [1.165, 1.54) is 0 Å². The highest BCUT2D eigenvalue weighted by atomic mass is 35.5. The van der Waals surface area contributed by atoms with Crippen molar-refractivity contribution < 1.29 is 4.74 Å². The minimum Gasteiger partial charge on any atom is -0.493 e. The topological polar surface area (TPSA) is 71.9 Å². The first-order valence-corrected chi connectivity index (χ1v) is 8.63. The van der Waals surface area contributed by atoms with Crippen LogP contribution in [0.1, 0.15) is 18.1 Å². The van der Waals surface area contributed by atoms with Gasteiger partial charge in [-0.3, -0.25) is 0 Å². The lowest BCUT2D eigenvalue weighted by Gasteiger charge is -2.17. The van der Waals surface area contributed by atoms with E-state index >= 15 is 0 Å². The summed E-state index contributed by atoms with van der Waals surface area (Å²) in [4.78, 5) is 4.48. The van der Waals surface area contributed by atoms with Gasteiger partial charge in [0.25, 0.3) is 0 Å². The van der Waals surface area contributed by atoms with Gasteiger partial charge in [0.1, 0.15) is 23.2 Å². The summed E-state index contributed by atoms with van der Waals surface area (Å²) in [7, 11) is 0. The highest BCUT2D eigenvalue weighted by Gasteiger charge is 2.20. The third-order valence-electron chi connectivity index (χ3n) is 4.15. The molecule has 3 rings (SSSR count). The summed E-state index contributed by atoms with van der Waals surface area (Å²) in [6.45, 7) is 4.40. The van der Waals surface area contributed by atoms with Gasteiger partial charge in [0, 0.05) is 21.7 Å². The lowest BCUT2D eigenvalue weighted by Crippen LogP contribution is -2.04. The average molecular weight is 364 g/mol. The predicted molar refractivity (Wildman–Crippen MR) is 105 cm³/mol. The van der Waals surface area contributed by atoms with Crippen LogP contribution in [0.15, 0.2) is 48.5 Å². The lowest BCUT2D eigenvalue weighted by atomic mass is 9.92. The average Bonchev–Trinajstić information content (AvgIpc) is 2.65. The standard InChI is InChI=1S/C21H18ClN3O/c1-3-26-18-7-5-4-6-16(18)19-13(2)20(25-21(24)17(19)12-23)14-8-10-15(22)11-9-14/h4-11H,3H2,1-2H3,(H2,24,25). The Balaban J connectivity index is 2.32. The Morgan fingerprint density at radius 3 is 2.50 bits per heavy atom. The molecule has 3 aromatic rings. The molecule has 26 heavy (non-hydrogen) atoms. The summed E-state index contributed by atoms with van der Waals surface area (Å²) < 4.78 is 5.76. The van der Waals surface area contributed by atoms with Gasteiger partial charge in [0.05, 0.1) is 12.3 Å². The molecule has 1 aromatic heterocycles. The number of pyridine rings is 1. The largest absolute Gasteiger partial charge is 0.493 e. The molecule has 0 fully saturated rings. The van der Waals surface area contributed by atoms with Gasteiger partial charge in [-0.25, -0.2) is 4.98 Å². The third kappa shape index (κ3) is 3.22. The second-order valence-corrected chi connectivity index (χ2v) is 6.20. The number of rotatable bonds is 4. The Kier molecular flexibility index (Phi) is 5.11. The van der Waals surface area contributed by atoms with Crippen molar-refractivity contribution >= 4 is 17.4 Å². The van der Waals surface area contributed by atoms with Crippen molar-refractivity contribution in [2.24, 2.45) is 0 Å². The number of ether oxygens (including phenoxy) is 1. The minimum atomic E-state index is 0.198. The van der Waals surface area contributed by atoms with Crippen LogP contribution in [0, 0.1) is 18.3 Å². The maximum absolute atomic E-state index is 9.68. The first kappa shape index (κ1) is 17.8. The van der Waals surface area contributed by atoms with Crippen LogP contribution in [-0.2, 0) is 0 Å². The zero-order valence-electron chi connectivity index (χ0n) is 14.6. The Bertz CT molecular complexity index is 991. The SMILES string of the molecule is CCOc1ccccc1-c1c(C)c(-c2ccc(Cl)cc2)nc(N)c1C#N. The number of hydrogen-bond acceptors (Lipinski definition) is 4. The fourth-order valence-electron chi connectivity index (χ4n) is 2.99. The van der Waals surface area contributed by atoms with E-state index < -0.39 is 0 Å².